The van der Waals surface area contributed by atoms with Gasteiger partial charge in [-0.25, -0.2) is 0 Å². The molecule has 0 rings (SSSR count). The molecular formula is C10H15NO5-2. The van der Waals surface area contributed by atoms with Gasteiger partial charge in [0.25, 0.3) is 0 Å². The van der Waals surface area contributed by atoms with Crippen molar-refractivity contribution in [2.45, 2.75) is 38.5 Å². The molecule has 0 saturated heterocycles. The Morgan fingerprint density at radius 1 is 0.812 bits per heavy atom. The number of hydrogen-bond donors (Lipinski definition) is 1. The number of nitrogens with one attached hydrogen (secondary N) is 1. The molecule has 16 heavy (non-hydrogen) atoms. The van der Waals surface area contributed by atoms with Gasteiger partial charge in [0.15, 0.2) is 0 Å². The lowest BCUT2D eigenvalue weighted by molar-refractivity contribution is -0.306. The second-order valence-corrected chi connectivity index (χ2v) is 3.43. The first kappa shape index (κ1) is 14.4. The Kier molecular flexibility index (Phi) is 7.83. The first-order chi connectivity index (χ1) is 7.52. The van der Waals surface area contributed by atoms with Crippen LogP contribution in [0.15, 0.2) is 0 Å². The highest BCUT2D eigenvalue weighted by atomic mass is 16.4. The number of carbonyl (C=O) groups is 3. The molecular weight excluding hydrogens is 214 g/mol. The van der Waals surface area contributed by atoms with E-state index in [-0.39, 0.29) is 18.7 Å². The van der Waals surface area contributed by atoms with Gasteiger partial charge in [0.05, 0.1) is 12.5 Å². The van der Waals surface area contributed by atoms with Gasteiger partial charge in [0.1, 0.15) is 0 Å². The molecule has 0 aromatic carbocycles. The van der Waals surface area contributed by atoms with Gasteiger partial charge in [0.2, 0.25) is 5.91 Å². The summed E-state index contributed by atoms with van der Waals surface area (Å²) in [6.45, 7) is -0.469. The predicted molar refractivity (Wildman–Crippen MR) is 50.7 cm³/mol. The Morgan fingerprint density at radius 2 is 1.38 bits per heavy atom. The summed E-state index contributed by atoms with van der Waals surface area (Å²) in [4.78, 5) is 31.0. The molecule has 1 N–H and O–H groups in total. The lowest BCUT2D eigenvalue weighted by atomic mass is 10.1. The van der Waals surface area contributed by atoms with Crippen LogP contribution in [0, 0.1) is 0 Å². The molecule has 1 amide bonds. The Hall–Kier alpha value is -1.59. The van der Waals surface area contributed by atoms with Crippen molar-refractivity contribution in [3.8, 4) is 0 Å². The second kappa shape index (κ2) is 8.70. The molecule has 0 aliphatic rings. The van der Waals surface area contributed by atoms with Crippen molar-refractivity contribution in [1.82, 2.24) is 5.32 Å². The molecule has 0 saturated carbocycles. The fourth-order valence-corrected chi connectivity index (χ4v) is 1.17. The van der Waals surface area contributed by atoms with Gasteiger partial charge in [-0.05, 0) is 19.3 Å². The largest absolute Gasteiger partial charge is 0.550 e. The van der Waals surface area contributed by atoms with Crippen LogP contribution in [0.2, 0.25) is 0 Å². The molecule has 0 atom stereocenters. The molecule has 0 aromatic rings. The zero-order valence-corrected chi connectivity index (χ0v) is 8.99. The third kappa shape index (κ3) is 10.5. The number of carbonyl (C=O) groups excluding carboxylic acids is 3. The van der Waals surface area contributed by atoms with Crippen molar-refractivity contribution in [2.75, 3.05) is 6.54 Å². The lowest BCUT2D eigenvalue weighted by Crippen LogP contribution is -2.37. The van der Waals surface area contributed by atoms with Gasteiger partial charge in [-0.3, -0.25) is 4.79 Å². The molecule has 0 bridgehead atoms. The molecule has 0 aliphatic carbocycles. The zero-order valence-electron chi connectivity index (χ0n) is 8.99. The van der Waals surface area contributed by atoms with E-state index in [0.29, 0.717) is 12.8 Å². The average molecular weight is 229 g/mol. The summed E-state index contributed by atoms with van der Waals surface area (Å²) in [5.74, 6) is -2.71. The normalized spacial score (nSPS) is 9.75. The standard InChI is InChI=1S/C10H17NO5/c12-8(11-7-10(15)16)5-3-1-2-4-6-9(13)14/h1-7H2,(H,11,12)(H,13,14)(H,15,16)/p-2. The highest BCUT2D eigenvalue weighted by Crippen LogP contribution is 2.04. The maximum absolute atomic E-state index is 11.0. The van der Waals surface area contributed by atoms with E-state index in [1.807, 2.05) is 0 Å². The first-order valence-electron chi connectivity index (χ1n) is 5.18. The fourth-order valence-electron chi connectivity index (χ4n) is 1.17. The molecule has 0 unspecified atom stereocenters. The highest BCUT2D eigenvalue weighted by molar-refractivity contribution is 5.80. The molecule has 6 nitrogen and oxygen atoms in total. The minimum Gasteiger partial charge on any atom is -0.550 e. The average Bonchev–Trinajstić information content (AvgIpc) is 2.19. The van der Waals surface area contributed by atoms with Crippen LogP contribution in [0.25, 0.3) is 0 Å². The SMILES string of the molecule is O=C([O-])CCCCCCC(=O)NCC(=O)[O-]. The quantitative estimate of drug-likeness (QED) is 0.457. The summed E-state index contributed by atoms with van der Waals surface area (Å²) in [5, 5.41) is 22.2. The number of rotatable bonds is 9. The smallest absolute Gasteiger partial charge is 0.220 e. The van der Waals surface area contributed by atoms with Gasteiger partial charge >= 0.3 is 0 Å². The van der Waals surface area contributed by atoms with Crippen molar-refractivity contribution < 1.29 is 24.6 Å². The van der Waals surface area contributed by atoms with E-state index in [1.165, 1.54) is 0 Å². The third-order valence-corrected chi connectivity index (χ3v) is 1.96. The van der Waals surface area contributed by atoms with E-state index in [4.69, 9.17) is 0 Å². The van der Waals surface area contributed by atoms with Crippen molar-refractivity contribution in [1.29, 1.82) is 0 Å². The van der Waals surface area contributed by atoms with Gasteiger partial charge in [-0.2, -0.15) is 0 Å². The van der Waals surface area contributed by atoms with Crippen molar-refractivity contribution in [2.24, 2.45) is 0 Å². The van der Waals surface area contributed by atoms with Crippen LogP contribution in [-0.4, -0.2) is 24.4 Å². The molecule has 0 radical (unpaired) electrons. The second-order valence-electron chi connectivity index (χ2n) is 3.43. The number of amides is 1. The van der Waals surface area contributed by atoms with E-state index < -0.39 is 18.5 Å². The zero-order chi connectivity index (χ0) is 12.4. The summed E-state index contributed by atoms with van der Waals surface area (Å²) in [6, 6.07) is 0. The van der Waals surface area contributed by atoms with Crippen LogP contribution in [0.4, 0.5) is 0 Å². The Morgan fingerprint density at radius 3 is 1.88 bits per heavy atom. The number of aliphatic carboxylic acids is 2. The van der Waals surface area contributed by atoms with Crippen LogP contribution in [0.5, 0.6) is 0 Å². The molecule has 0 aromatic heterocycles. The summed E-state index contributed by atoms with van der Waals surface area (Å²) < 4.78 is 0. The topological polar surface area (TPSA) is 109 Å². The summed E-state index contributed by atoms with van der Waals surface area (Å²) in [5.41, 5.74) is 0. The molecule has 6 heteroatoms. The van der Waals surface area contributed by atoms with Gasteiger partial charge in [0, 0.05) is 12.4 Å². The monoisotopic (exact) mass is 229 g/mol. The maximum atomic E-state index is 11.0. The van der Waals surface area contributed by atoms with E-state index in [9.17, 15) is 24.6 Å². The van der Waals surface area contributed by atoms with Crippen LogP contribution in [-0.2, 0) is 14.4 Å². The molecule has 0 aliphatic heterocycles. The molecule has 0 spiro atoms. The maximum Gasteiger partial charge on any atom is 0.220 e. The number of carboxylic acids is 2. The minimum absolute atomic E-state index is 0.0386. The fraction of sp³-hybridized carbons (Fsp3) is 0.700. The van der Waals surface area contributed by atoms with Crippen LogP contribution < -0.4 is 15.5 Å². The molecule has 0 heterocycles. The highest BCUT2D eigenvalue weighted by Gasteiger charge is 2.00. The predicted octanol–water partition coefficient (Wildman–Crippen LogP) is -2.06. The van der Waals surface area contributed by atoms with E-state index in [1.54, 1.807) is 0 Å². The van der Waals surface area contributed by atoms with E-state index in [0.717, 1.165) is 12.8 Å². The summed E-state index contributed by atoms with van der Waals surface area (Å²) >= 11 is 0. The first-order valence-corrected chi connectivity index (χ1v) is 5.18. The summed E-state index contributed by atoms with van der Waals surface area (Å²) in [7, 11) is 0. The van der Waals surface area contributed by atoms with Gasteiger partial charge < -0.3 is 25.1 Å². The Balaban J connectivity index is 3.27. The van der Waals surface area contributed by atoms with E-state index >= 15 is 0 Å². The summed E-state index contributed by atoms with van der Waals surface area (Å²) in [6.07, 6.45) is 2.91. The molecule has 92 valence electrons. The van der Waals surface area contributed by atoms with E-state index in [2.05, 4.69) is 5.32 Å². The molecule has 0 fully saturated rings. The van der Waals surface area contributed by atoms with Crippen LogP contribution in [0.1, 0.15) is 38.5 Å². The number of carboxylic acid groups (broad SMARTS) is 2. The van der Waals surface area contributed by atoms with Gasteiger partial charge in [-0.1, -0.05) is 12.8 Å². The number of unbranched alkanes of at least 4 members (excludes halogenated alkanes) is 3. The van der Waals surface area contributed by atoms with Crippen molar-refractivity contribution in [3.63, 3.8) is 0 Å². The lowest BCUT2D eigenvalue weighted by Gasteiger charge is -2.05. The Labute approximate surface area is 93.6 Å². The number of hydrogen-bond acceptors (Lipinski definition) is 5. The minimum atomic E-state index is -1.32. The van der Waals surface area contributed by atoms with Crippen LogP contribution >= 0.6 is 0 Å². The van der Waals surface area contributed by atoms with Crippen molar-refractivity contribution >= 4 is 17.8 Å². The van der Waals surface area contributed by atoms with Crippen LogP contribution in [0.3, 0.4) is 0 Å². The Bertz CT molecular complexity index is 252. The third-order valence-electron chi connectivity index (χ3n) is 1.96. The van der Waals surface area contributed by atoms with Gasteiger partial charge in [-0.15, -0.1) is 0 Å². The van der Waals surface area contributed by atoms with Crippen molar-refractivity contribution in [3.05, 3.63) is 0 Å².